The number of anilines is 1. The van der Waals surface area contributed by atoms with Crippen LogP contribution in [0, 0.1) is 5.82 Å². The van der Waals surface area contributed by atoms with E-state index in [-0.39, 0.29) is 17.2 Å². The molecule has 0 saturated heterocycles. The predicted octanol–water partition coefficient (Wildman–Crippen LogP) is 2.99. The van der Waals surface area contributed by atoms with Gasteiger partial charge in [-0.3, -0.25) is 9.36 Å². The van der Waals surface area contributed by atoms with Crippen LogP contribution in [-0.2, 0) is 6.54 Å². The van der Waals surface area contributed by atoms with Gasteiger partial charge in [-0.15, -0.1) is 0 Å². The predicted molar refractivity (Wildman–Crippen MR) is 90.1 cm³/mol. The Bertz CT molecular complexity index is 891. The van der Waals surface area contributed by atoms with Crippen LogP contribution in [0.5, 0.6) is 5.75 Å². The smallest absolute Gasteiger partial charge is 0.297 e. The van der Waals surface area contributed by atoms with E-state index >= 15 is 0 Å². The molecule has 1 aromatic heterocycles. The summed E-state index contributed by atoms with van der Waals surface area (Å²) in [5.41, 5.74) is 1.24. The third kappa shape index (κ3) is 3.43. The number of nitrogens with zero attached hydrogens (tertiary/aromatic N) is 2. The van der Waals surface area contributed by atoms with Crippen molar-refractivity contribution in [2.75, 3.05) is 12.4 Å². The second kappa shape index (κ2) is 6.95. The van der Waals surface area contributed by atoms with Gasteiger partial charge in [0.2, 0.25) is 0 Å². The molecule has 3 aromatic rings. The molecule has 0 radical (unpaired) electrons. The molecule has 0 fully saturated rings. The van der Waals surface area contributed by atoms with Crippen molar-refractivity contribution >= 4 is 5.82 Å². The van der Waals surface area contributed by atoms with Crippen LogP contribution in [0.4, 0.5) is 10.2 Å². The van der Waals surface area contributed by atoms with E-state index in [1.807, 2.05) is 24.3 Å². The van der Waals surface area contributed by atoms with E-state index < -0.39 is 0 Å². The topological polar surface area (TPSA) is 56.1 Å². The van der Waals surface area contributed by atoms with Gasteiger partial charge in [0.05, 0.1) is 7.11 Å². The number of rotatable bonds is 5. The fraction of sp³-hybridized carbons (Fsp3) is 0.111. The molecule has 122 valence electrons. The van der Waals surface area contributed by atoms with Gasteiger partial charge < -0.3 is 10.1 Å². The Morgan fingerprint density at radius 3 is 2.75 bits per heavy atom. The molecule has 0 amide bonds. The van der Waals surface area contributed by atoms with Crippen molar-refractivity contribution in [1.29, 1.82) is 0 Å². The molecule has 0 atom stereocenters. The molecular formula is C18H16FN3O2. The zero-order chi connectivity index (χ0) is 16.9. The summed E-state index contributed by atoms with van der Waals surface area (Å²) in [5, 5.41) is 3.03. The van der Waals surface area contributed by atoms with E-state index in [0.29, 0.717) is 12.2 Å². The zero-order valence-electron chi connectivity index (χ0n) is 13.1. The Labute approximate surface area is 138 Å². The van der Waals surface area contributed by atoms with Crippen LogP contribution in [0.3, 0.4) is 0 Å². The third-order valence-corrected chi connectivity index (χ3v) is 3.54. The van der Waals surface area contributed by atoms with Gasteiger partial charge >= 0.3 is 0 Å². The van der Waals surface area contributed by atoms with Crippen molar-refractivity contribution < 1.29 is 9.13 Å². The molecule has 1 heterocycles. The minimum atomic E-state index is -0.350. The first-order valence-corrected chi connectivity index (χ1v) is 7.38. The van der Waals surface area contributed by atoms with Crippen LogP contribution in [-0.4, -0.2) is 16.7 Å². The van der Waals surface area contributed by atoms with Gasteiger partial charge in [-0.1, -0.05) is 12.1 Å². The Hall–Kier alpha value is -3.15. The van der Waals surface area contributed by atoms with Gasteiger partial charge in [-0.05, 0) is 42.0 Å². The molecule has 0 spiro atoms. The van der Waals surface area contributed by atoms with E-state index in [4.69, 9.17) is 4.74 Å². The molecule has 5 nitrogen and oxygen atoms in total. The van der Waals surface area contributed by atoms with Crippen molar-refractivity contribution in [1.82, 2.24) is 9.55 Å². The number of benzene rings is 2. The minimum absolute atomic E-state index is 0.227. The van der Waals surface area contributed by atoms with Crippen molar-refractivity contribution in [3.05, 3.63) is 82.7 Å². The summed E-state index contributed by atoms with van der Waals surface area (Å²) in [6.07, 6.45) is 3.07. The molecule has 0 aliphatic heterocycles. The Morgan fingerprint density at radius 1 is 1.21 bits per heavy atom. The largest absolute Gasteiger partial charge is 0.497 e. The summed E-state index contributed by atoms with van der Waals surface area (Å²) in [4.78, 5) is 16.6. The fourth-order valence-corrected chi connectivity index (χ4v) is 2.31. The lowest BCUT2D eigenvalue weighted by Crippen LogP contribution is -2.23. The van der Waals surface area contributed by atoms with Crippen molar-refractivity contribution in [3.63, 3.8) is 0 Å². The summed E-state index contributed by atoms with van der Waals surface area (Å²) >= 11 is 0. The van der Waals surface area contributed by atoms with E-state index in [1.165, 1.54) is 22.9 Å². The number of nitrogens with one attached hydrogen (secondary N) is 1. The highest BCUT2D eigenvalue weighted by Crippen LogP contribution is 2.13. The van der Waals surface area contributed by atoms with Crippen LogP contribution in [0.2, 0.25) is 0 Å². The number of hydrogen-bond donors (Lipinski definition) is 1. The van der Waals surface area contributed by atoms with Crippen LogP contribution in [0.1, 0.15) is 5.56 Å². The maximum atomic E-state index is 13.0. The van der Waals surface area contributed by atoms with Crippen molar-refractivity contribution in [3.8, 4) is 11.4 Å². The van der Waals surface area contributed by atoms with E-state index in [1.54, 1.807) is 25.4 Å². The average molecular weight is 325 g/mol. The summed E-state index contributed by atoms with van der Waals surface area (Å²) < 4.78 is 19.6. The first-order chi connectivity index (χ1) is 11.7. The van der Waals surface area contributed by atoms with Gasteiger partial charge in [0.25, 0.3) is 5.56 Å². The van der Waals surface area contributed by atoms with E-state index in [9.17, 15) is 9.18 Å². The second-order valence-electron chi connectivity index (χ2n) is 5.13. The maximum Gasteiger partial charge on any atom is 0.297 e. The molecule has 0 aliphatic carbocycles. The molecule has 0 saturated carbocycles. The Kier molecular flexibility index (Phi) is 4.56. The van der Waals surface area contributed by atoms with Gasteiger partial charge in [-0.25, -0.2) is 9.37 Å². The summed E-state index contributed by atoms with van der Waals surface area (Å²) in [5.74, 6) is 0.626. The lowest BCUT2D eigenvalue weighted by atomic mass is 10.2. The molecule has 3 rings (SSSR count). The number of ether oxygens (including phenoxy) is 1. The lowest BCUT2D eigenvalue weighted by molar-refractivity contribution is 0.414. The monoisotopic (exact) mass is 325 g/mol. The minimum Gasteiger partial charge on any atom is -0.497 e. The molecule has 1 N–H and O–H groups in total. The summed E-state index contributed by atoms with van der Waals surface area (Å²) in [7, 11) is 1.60. The van der Waals surface area contributed by atoms with E-state index in [2.05, 4.69) is 10.3 Å². The highest BCUT2D eigenvalue weighted by atomic mass is 19.1. The molecule has 0 aliphatic rings. The third-order valence-electron chi connectivity index (χ3n) is 3.54. The van der Waals surface area contributed by atoms with Crippen LogP contribution in [0.15, 0.2) is 65.7 Å². The Balaban J connectivity index is 1.83. The molecule has 2 aromatic carbocycles. The van der Waals surface area contributed by atoms with Crippen molar-refractivity contribution in [2.24, 2.45) is 0 Å². The lowest BCUT2D eigenvalue weighted by Gasteiger charge is -2.10. The first-order valence-electron chi connectivity index (χ1n) is 7.38. The highest BCUT2D eigenvalue weighted by molar-refractivity contribution is 5.39. The van der Waals surface area contributed by atoms with Gasteiger partial charge in [0.15, 0.2) is 5.82 Å². The zero-order valence-corrected chi connectivity index (χ0v) is 13.1. The average Bonchev–Trinajstić information content (AvgIpc) is 2.62. The quantitative estimate of drug-likeness (QED) is 0.783. The van der Waals surface area contributed by atoms with Gasteiger partial charge in [0, 0.05) is 24.6 Å². The molecular weight excluding hydrogens is 309 g/mol. The normalized spacial score (nSPS) is 10.4. The Morgan fingerprint density at radius 2 is 2.00 bits per heavy atom. The van der Waals surface area contributed by atoms with Gasteiger partial charge in [0.1, 0.15) is 11.6 Å². The number of halogens is 1. The van der Waals surface area contributed by atoms with Gasteiger partial charge in [-0.2, -0.15) is 0 Å². The second-order valence-corrected chi connectivity index (χ2v) is 5.13. The summed E-state index contributed by atoms with van der Waals surface area (Å²) in [6, 6.07) is 13.3. The van der Waals surface area contributed by atoms with Crippen molar-refractivity contribution in [2.45, 2.75) is 6.54 Å². The van der Waals surface area contributed by atoms with E-state index in [0.717, 1.165) is 11.3 Å². The van der Waals surface area contributed by atoms with Crippen LogP contribution >= 0.6 is 0 Å². The number of methoxy groups -OCH3 is 1. The van der Waals surface area contributed by atoms with Crippen LogP contribution < -0.4 is 15.6 Å². The fourth-order valence-electron chi connectivity index (χ4n) is 2.31. The van der Waals surface area contributed by atoms with Crippen LogP contribution in [0.25, 0.3) is 5.69 Å². The molecule has 0 unspecified atom stereocenters. The maximum absolute atomic E-state index is 13.0. The first kappa shape index (κ1) is 15.7. The molecule has 6 heteroatoms. The standard InChI is InChI=1S/C18H16FN3O2/c1-24-16-4-2-3-13(11-16)12-21-17-18(23)22(10-9-20-17)15-7-5-14(19)6-8-15/h2-11H,12H2,1H3,(H,20,21). The number of hydrogen-bond acceptors (Lipinski definition) is 4. The SMILES string of the molecule is COc1cccc(CNc2nccn(-c3ccc(F)cc3)c2=O)c1. The highest BCUT2D eigenvalue weighted by Gasteiger charge is 2.07. The molecule has 0 bridgehead atoms. The molecule has 24 heavy (non-hydrogen) atoms. The number of aromatic nitrogens is 2. The summed E-state index contributed by atoms with van der Waals surface area (Å²) in [6.45, 7) is 0.437.